The van der Waals surface area contributed by atoms with E-state index in [1.165, 1.54) is 6.92 Å². The van der Waals surface area contributed by atoms with Gasteiger partial charge in [-0.15, -0.1) is 0 Å². The minimum Gasteiger partial charge on any atom is -0.350 e. The predicted molar refractivity (Wildman–Crippen MR) is 95.1 cm³/mol. The molecule has 0 radical (unpaired) electrons. The van der Waals surface area contributed by atoms with Crippen molar-refractivity contribution in [3.63, 3.8) is 0 Å². The second kappa shape index (κ2) is 6.63. The molecule has 1 amide bonds. The van der Waals surface area contributed by atoms with Gasteiger partial charge in [-0.3, -0.25) is 4.79 Å². The van der Waals surface area contributed by atoms with Gasteiger partial charge in [0.05, 0.1) is 5.75 Å². The van der Waals surface area contributed by atoms with Gasteiger partial charge in [0.15, 0.2) is 9.84 Å². The van der Waals surface area contributed by atoms with Crippen molar-refractivity contribution >= 4 is 15.7 Å². The van der Waals surface area contributed by atoms with Crippen molar-refractivity contribution in [3.05, 3.63) is 35.4 Å². The first kappa shape index (κ1) is 19.7. The smallest absolute Gasteiger partial charge is 0.238 e. The second-order valence-electron chi connectivity index (χ2n) is 8.14. The first-order chi connectivity index (χ1) is 10.2. The highest BCUT2D eigenvalue weighted by Gasteiger charge is 2.30. The third-order valence-corrected chi connectivity index (χ3v) is 5.62. The number of benzene rings is 1. The molecule has 0 aliphatic heterocycles. The van der Waals surface area contributed by atoms with Gasteiger partial charge in [-0.05, 0) is 44.2 Å². The molecule has 0 saturated carbocycles. The van der Waals surface area contributed by atoms with Gasteiger partial charge < -0.3 is 5.32 Å². The molecule has 1 atom stereocenters. The van der Waals surface area contributed by atoms with Gasteiger partial charge in [-0.2, -0.15) is 0 Å². The van der Waals surface area contributed by atoms with Crippen molar-refractivity contribution in [1.29, 1.82) is 0 Å². The summed E-state index contributed by atoms with van der Waals surface area (Å²) in [4.78, 5) is 12.1. The van der Waals surface area contributed by atoms with E-state index in [4.69, 9.17) is 0 Å². The highest BCUT2D eigenvalue weighted by Crippen LogP contribution is 2.23. The lowest BCUT2D eigenvalue weighted by Crippen LogP contribution is -2.47. The standard InChI is InChI=1S/C18H29NO3S/c1-13(16(20)19-18(5,6)7)23(21,22)12-14-8-10-15(11-9-14)17(2,3)4/h8-11,13H,12H2,1-7H3,(H,19,20)/t13-/m0/s1. The molecule has 0 aliphatic rings. The topological polar surface area (TPSA) is 63.2 Å². The molecule has 1 rings (SSSR count). The molecule has 0 unspecified atom stereocenters. The van der Waals surface area contributed by atoms with Gasteiger partial charge in [0.25, 0.3) is 0 Å². The van der Waals surface area contributed by atoms with Crippen LogP contribution in [0.4, 0.5) is 0 Å². The van der Waals surface area contributed by atoms with E-state index in [-0.39, 0.29) is 11.2 Å². The lowest BCUT2D eigenvalue weighted by Gasteiger charge is -2.23. The van der Waals surface area contributed by atoms with E-state index in [0.29, 0.717) is 5.56 Å². The normalized spacial score (nSPS) is 14.4. The van der Waals surface area contributed by atoms with Crippen molar-refractivity contribution in [2.24, 2.45) is 0 Å². The third-order valence-electron chi connectivity index (χ3n) is 3.59. The lowest BCUT2D eigenvalue weighted by molar-refractivity contribution is -0.121. The molecular weight excluding hydrogens is 310 g/mol. The SMILES string of the molecule is C[C@@H](C(=O)NC(C)(C)C)S(=O)(=O)Cc1ccc(C(C)(C)C)cc1. The molecule has 0 spiro atoms. The molecule has 0 heterocycles. The highest BCUT2D eigenvalue weighted by molar-refractivity contribution is 7.92. The molecular formula is C18H29NO3S. The quantitative estimate of drug-likeness (QED) is 0.916. The minimum absolute atomic E-state index is 0.0251. The number of amides is 1. The summed E-state index contributed by atoms with van der Waals surface area (Å²) < 4.78 is 24.9. The molecule has 0 bridgehead atoms. The van der Waals surface area contributed by atoms with Crippen LogP contribution in [0.1, 0.15) is 59.6 Å². The summed E-state index contributed by atoms with van der Waals surface area (Å²) in [7, 11) is -3.55. The second-order valence-corrected chi connectivity index (χ2v) is 10.5. The van der Waals surface area contributed by atoms with Crippen LogP contribution >= 0.6 is 0 Å². The van der Waals surface area contributed by atoms with Crippen LogP contribution in [0.3, 0.4) is 0 Å². The Morgan fingerprint density at radius 1 is 1.04 bits per heavy atom. The first-order valence-electron chi connectivity index (χ1n) is 7.85. The molecule has 1 N–H and O–H groups in total. The fraction of sp³-hybridized carbons (Fsp3) is 0.611. The molecule has 5 heteroatoms. The Labute approximate surface area is 140 Å². The van der Waals surface area contributed by atoms with Crippen molar-refractivity contribution in [1.82, 2.24) is 5.32 Å². The summed E-state index contributed by atoms with van der Waals surface area (Å²) in [6.07, 6.45) is 0. The van der Waals surface area contributed by atoms with E-state index in [1.54, 1.807) is 0 Å². The Bertz CT molecular complexity index is 647. The largest absolute Gasteiger partial charge is 0.350 e. The van der Waals surface area contributed by atoms with E-state index in [1.807, 2.05) is 45.0 Å². The molecule has 1 aromatic rings. The molecule has 130 valence electrons. The van der Waals surface area contributed by atoms with Crippen LogP contribution in [0.2, 0.25) is 0 Å². The number of carbonyl (C=O) groups excluding carboxylic acids is 1. The van der Waals surface area contributed by atoms with E-state index < -0.39 is 26.5 Å². The van der Waals surface area contributed by atoms with Crippen LogP contribution in [0.15, 0.2) is 24.3 Å². The van der Waals surface area contributed by atoms with Gasteiger partial charge in [0.2, 0.25) is 5.91 Å². The molecule has 4 nitrogen and oxygen atoms in total. The third kappa shape index (κ3) is 5.98. The number of hydrogen-bond acceptors (Lipinski definition) is 3. The molecule has 23 heavy (non-hydrogen) atoms. The number of rotatable bonds is 4. The number of carbonyl (C=O) groups is 1. The highest BCUT2D eigenvalue weighted by atomic mass is 32.2. The van der Waals surface area contributed by atoms with Crippen LogP contribution in [-0.2, 0) is 25.8 Å². The van der Waals surface area contributed by atoms with Crippen molar-refractivity contribution in [3.8, 4) is 0 Å². The number of sulfone groups is 1. The van der Waals surface area contributed by atoms with Crippen molar-refractivity contribution < 1.29 is 13.2 Å². The van der Waals surface area contributed by atoms with Crippen LogP contribution in [0.25, 0.3) is 0 Å². The summed E-state index contributed by atoms with van der Waals surface area (Å²) >= 11 is 0. The van der Waals surface area contributed by atoms with Crippen LogP contribution in [0, 0.1) is 0 Å². The Kier molecular flexibility index (Phi) is 5.68. The monoisotopic (exact) mass is 339 g/mol. The maximum Gasteiger partial charge on any atom is 0.238 e. The van der Waals surface area contributed by atoms with E-state index in [9.17, 15) is 13.2 Å². The fourth-order valence-corrected chi connectivity index (χ4v) is 3.38. The molecule has 1 aromatic carbocycles. The average Bonchev–Trinajstić information content (AvgIpc) is 2.34. The Hall–Kier alpha value is -1.36. The van der Waals surface area contributed by atoms with Crippen LogP contribution in [-0.4, -0.2) is 25.1 Å². The van der Waals surface area contributed by atoms with Crippen molar-refractivity contribution in [2.75, 3.05) is 0 Å². The van der Waals surface area contributed by atoms with Crippen LogP contribution in [0.5, 0.6) is 0 Å². The zero-order chi connectivity index (χ0) is 18.1. The van der Waals surface area contributed by atoms with Gasteiger partial charge in [-0.1, -0.05) is 45.0 Å². The molecule has 0 saturated heterocycles. The molecule has 0 aromatic heterocycles. The summed E-state index contributed by atoms with van der Waals surface area (Å²) in [5.74, 6) is -0.584. The predicted octanol–water partition coefficient (Wildman–Crippen LogP) is 3.20. The minimum atomic E-state index is -3.55. The average molecular weight is 340 g/mol. The maximum atomic E-state index is 12.4. The zero-order valence-electron chi connectivity index (χ0n) is 15.2. The van der Waals surface area contributed by atoms with Crippen LogP contribution < -0.4 is 5.32 Å². The van der Waals surface area contributed by atoms with Gasteiger partial charge >= 0.3 is 0 Å². The van der Waals surface area contributed by atoms with Gasteiger partial charge in [0, 0.05) is 5.54 Å². The lowest BCUT2D eigenvalue weighted by atomic mass is 9.87. The van der Waals surface area contributed by atoms with Crippen molar-refractivity contribution in [2.45, 2.75) is 70.4 Å². The molecule has 0 fully saturated rings. The summed E-state index contributed by atoms with van der Waals surface area (Å²) in [6.45, 7) is 13.3. The Balaban J connectivity index is 2.88. The van der Waals surface area contributed by atoms with E-state index in [0.717, 1.165) is 5.56 Å². The summed E-state index contributed by atoms with van der Waals surface area (Å²) in [5.41, 5.74) is 1.43. The zero-order valence-corrected chi connectivity index (χ0v) is 16.0. The maximum absolute atomic E-state index is 12.4. The number of hydrogen-bond donors (Lipinski definition) is 1. The van der Waals surface area contributed by atoms with E-state index >= 15 is 0 Å². The molecule has 0 aliphatic carbocycles. The van der Waals surface area contributed by atoms with E-state index in [2.05, 4.69) is 26.1 Å². The Morgan fingerprint density at radius 2 is 1.52 bits per heavy atom. The number of nitrogens with one attached hydrogen (secondary N) is 1. The van der Waals surface area contributed by atoms with Gasteiger partial charge in [-0.25, -0.2) is 8.42 Å². The summed E-state index contributed by atoms with van der Waals surface area (Å²) in [5, 5.41) is 1.66. The fourth-order valence-electron chi connectivity index (χ4n) is 2.09. The summed E-state index contributed by atoms with van der Waals surface area (Å²) in [6, 6.07) is 7.55. The Morgan fingerprint density at radius 3 is 1.91 bits per heavy atom. The first-order valence-corrected chi connectivity index (χ1v) is 9.57. The van der Waals surface area contributed by atoms with Gasteiger partial charge in [0.1, 0.15) is 5.25 Å².